The fourth-order valence-electron chi connectivity index (χ4n) is 1.73. The first-order valence-electron chi connectivity index (χ1n) is 5.58. The van der Waals surface area contributed by atoms with Gasteiger partial charge in [0.1, 0.15) is 6.04 Å². The smallest absolute Gasteiger partial charge is 0.326 e. The lowest BCUT2D eigenvalue weighted by Crippen LogP contribution is -2.40. The number of likely N-dealkylation sites (N-methyl/N-ethyl adjacent to an activating group) is 1. The molecule has 18 heavy (non-hydrogen) atoms. The third-order valence-corrected chi connectivity index (χ3v) is 3.06. The molecule has 1 unspecified atom stereocenters. The third kappa shape index (κ3) is 2.07. The van der Waals surface area contributed by atoms with Crippen LogP contribution in [0.4, 0.5) is 0 Å². The van der Waals surface area contributed by atoms with Crippen molar-refractivity contribution in [2.45, 2.75) is 13.0 Å². The maximum atomic E-state index is 12.1. The van der Waals surface area contributed by atoms with Crippen LogP contribution >= 0.6 is 0 Å². The summed E-state index contributed by atoms with van der Waals surface area (Å²) in [5, 5.41) is 9.82. The quantitative estimate of drug-likeness (QED) is 0.865. The molecule has 2 N–H and O–H groups in total. The van der Waals surface area contributed by atoms with Crippen LogP contribution in [0.15, 0.2) is 30.5 Å². The number of nitrogens with zero attached hydrogens (tertiary/aromatic N) is 1. The first kappa shape index (κ1) is 12.2. The average Bonchev–Trinajstić information content (AvgIpc) is 2.82. The van der Waals surface area contributed by atoms with Gasteiger partial charge >= 0.3 is 5.97 Å². The van der Waals surface area contributed by atoms with Crippen molar-refractivity contribution in [2.75, 3.05) is 7.05 Å². The molecule has 0 aliphatic heterocycles. The third-order valence-electron chi connectivity index (χ3n) is 3.06. The number of carboxylic acid groups (broad SMARTS) is 1. The summed E-state index contributed by atoms with van der Waals surface area (Å²) in [4.78, 5) is 27.2. The maximum Gasteiger partial charge on any atom is 0.326 e. The standard InChI is InChI=1S/C13H14N2O3/c1-8(13(17)18)15(2)12(16)10-3-4-11-9(7-10)5-6-14-11/h3-8,14H,1-2H3,(H,17,18). The van der Waals surface area contributed by atoms with Crippen molar-refractivity contribution in [3.8, 4) is 0 Å². The van der Waals surface area contributed by atoms with Crippen molar-refractivity contribution in [1.82, 2.24) is 9.88 Å². The highest BCUT2D eigenvalue weighted by Gasteiger charge is 2.22. The highest BCUT2D eigenvalue weighted by Crippen LogP contribution is 2.16. The van der Waals surface area contributed by atoms with E-state index in [4.69, 9.17) is 5.11 Å². The minimum atomic E-state index is -1.02. The van der Waals surface area contributed by atoms with Crippen molar-refractivity contribution >= 4 is 22.8 Å². The van der Waals surface area contributed by atoms with Crippen molar-refractivity contribution in [3.63, 3.8) is 0 Å². The second-order valence-corrected chi connectivity index (χ2v) is 4.21. The van der Waals surface area contributed by atoms with Crippen LogP contribution in [0.25, 0.3) is 10.9 Å². The van der Waals surface area contributed by atoms with E-state index in [1.807, 2.05) is 12.1 Å². The van der Waals surface area contributed by atoms with Crippen molar-refractivity contribution in [2.24, 2.45) is 0 Å². The number of hydrogen-bond acceptors (Lipinski definition) is 2. The molecule has 0 bridgehead atoms. The lowest BCUT2D eigenvalue weighted by molar-refractivity contribution is -0.141. The highest BCUT2D eigenvalue weighted by molar-refractivity contribution is 5.99. The Bertz CT molecular complexity index is 603. The number of carbonyl (C=O) groups is 2. The Balaban J connectivity index is 2.30. The number of H-pyrrole nitrogens is 1. The first-order valence-corrected chi connectivity index (χ1v) is 5.58. The highest BCUT2D eigenvalue weighted by atomic mass is 16.4. The molecular formula is C13H14N2O3. The van der Waals surface area contributed by atoms with E-state index in [0.717, 1.165) is 10.9 Å². The molecule has 0 saturated carbocycles. The van der Waals surface area contributed by atoms with Crippen LogP contribution < -0.4 is 0 Å². The van der Waals surface area contributed by atoms with Crippen LogP contribution in [0.5, 0.6) is 0 Å². The summed E-state index contributed by atoms with van der Waals surface area (Å²) in [6.45, 7) is 1.48. The fourth-order valence-corrected chi connectivity index (χ4v) is 1.73. The number of aromatic amines is 1. The number of aliphatic carboxylic acids is 1. The number of nitrogens with one attached hydrogen (secondary N) is 1. The van der Waals surface area contributed by atoms with Gasteiger partial charge < -0.3 is 15.0 Å². The minimum absolute atomic E-state index is 0.298. The zero-order chi connectivity index (χ0) is 13.3. The average molecular weight is 246 g/mol. The molecule has 0 aliphatic carbocycles. The molecule has 94 valence electrons. The van der Waals surface area contributed by atoms with E-state index < -0.39 is 12.0 Å². The van der Waals surface area contributed by atoms with E-state index in [0.29, 0.717) is 5.56 Å². The molecule has 0 fully saturated rings. The van der Waals surface area contributed by atoms with Crippen LogP contribution in [-0.2, 0) is 4.79 Å². The molecule has 1 aromatic heterocycles. The van der Waals surface area contributed by atoms with Crippen LogP contribution in [0, 0.1) is 0 Å². The Kier molecular flexibility index (Phi) is 3.06. The Morgan fingerprint density at radius 1 is 1.33 bits per heavy atom. The summed E-state index contributed by atoms with van der Waals surface area (Å²) in [6, 6.07) is 6.26. The first-order chi connectivity index (χ1) is 8.50. The Hall–Kier alpha value is -2.30. The van der Waals surface area contributed by atoms with E-state index in [1.165, 1.54) is 18.9 Å². The second kappa shape index (κ2) is 4.52. The van der Waals surface area contributed by atoms with Gasteiger partial charge in [0.25, 0.3) is 5.91 Å². The predicted molar refractivity (Wildman–Crippen MR) is 67.5 cm³/mol. The molecule has 1 heterocycles. The largest absolute Gasteiger partial charge is 0.480 e. The van der Waals surface area contributed by atoms with Gasteiger partial charge in [-0.2, -0.15) is 0 Å². The fraction of sp³-hybridized carbons (Fsp3) is 0.231. The van der Waals surface area contributed by atoms with Gasteiger partial charge in [-0.05, 0) is 31.2 Å². The zero-order valence-electron chi connectivity index (χ0n) is 10.2. The summed E-state index contributed by atoms with van der Waals surface area (Å²) in [5.41, 5.74) is 1.43. The van der Waals surface area contributed by atoms with Gasteiger partial charge in [-0.3, -0.25) is 4.79 Å². The number of hydrogen-bond donors (Lipinski definition) is 2. The molecule has 0 saturated heterocycles. The molecule has 5 nitrogen and oxygen atoms in total. The monoisotopic (exact) mass is 246 g/mol. The molecule has 0 spiro atoms. The number of aromatic nitrogens is 1. The summed E-state index contributed by atoms with van der Waals surface area (Å²) in [5.74, 6) is -1.32. The SMILES string of the molecule is CC(C(=O)O)N(C)C(=O)c1ccc2[nH]ccc2c1. The number of fused-ring (bicyclic) bond motifs is 1. The molecule has 0 radical (unpaired) electrons. The zero-order valence-corrected chi connectivity index (χ0v) is 10.2. The lowest BCUT2D eigenvalue weighted by atomic mass is 10.1. The molecule has 2 rings (SSSR count). The summed E-state index contributed by atoms with van der Waals surface area (Å²) in [7, 11) is 1.49. The van der Waals surface area contributed by atoms with Gasteiger partial charge in [-0.1, -0.05) is 0 Å². The minimum Gasteiger partial charge on any atom is -0.480 e. The van der Waals surface area contributed by atoms with E-state index in [2.05, 4.69) is 4.98 Å². The molecule has 1 atom stereocenters. The van der Waals surface area contributed by atoms with Gasteiger partial charge in [0.2, 0.25) is 0 Å². The lowest BCUT2D eigenvalue weighted by Gasteiger charge is -2.21. The Morgan fingerprint density at radius 3 is 2.72 bits per heavy atom. The molecule has 5 heteroatoms. The summed E-state index contributed by atoms with van der Waals surface area (Å²) in [6.07, 6.45) is 1.79. The number of carbonyl (C=O) groups excluding carboxylic acids is 1. The maximum absolute atomic E-state index is 12.1. The van der Waals surface area contributed by atoms with Crippen molar-refractivity contribution < 1.29 is 14.7 Å². The molecule has 1 aromatic carbocycles. The van der Waals surface area contributed by atoms with Crippen LogP contribution in [0.3, 0.4) is 0 Å². The van der Waals surface area contributed by atoms with Gasteiger partial charge in [0.15, 0.2) is 0 Å². The number of amides is 1. The molecular weight excluding hydrogens is 232 g/mol. The van der Waals surface area contributed by atoms with Crippen molar-refractivity contribution in [1.29, 1.82) is 0 Å². The van der Waals surface area contributed by atoms with E-state index >= 15 is 0 Å². The molecule has 1 amide bonds. The number of carboxylic acids is 1. The van der Waals surface area contributed by atoms with Gasteiger partial charge in [-0.15, -0.1) is 0 Å². The van der Waals surface area contributed by atoms with E-state index in [-0.39, 0.29) is 5.91 Å². The predicted octanol–water partition coefficient (Wildman–Crippen LogP) is 1.71. The summed E-state index contributed by atoms with van der Waals surface area (Å²) < 4.78 is 0. The normalized spacial score (nSPS) is 12.3. The number of benzene rings is 1. The molecule has 0 aliphatic rings. The molecule has 2 aromatic rings. The second-order valence-electron chi connectivity index (χ2n) is 4.21. The van der Waals surface area contributed by atoms with Gasteiger partial charge in [0, 0.05) is 29.7 Å². The van der Waals surface area contributed by atoms with Crippen LogP contribution in [0.1, 0.15) is 17.3 Å². The van der Waals surface area contributed by atoms with E-state index in [1.54, 1.807) is 18.3 Å². The van der Waals surface area contributed by atoms with Crippen LogP contribution in [-0.4, -0.2) is 40.0 Å². The Labute approximate surface area is 104 Å². The topological polar surface area (TPSA) is 73.4 Å². The van der Waals surface area contributed by atoms with Gasteiger partial charge in [-0.25, -0.2) is 4.79 Å². The van der Waals surface area contributed by atoms with Gasteiger partial charge in [0.05, 0.1) is 0 Å². The van der Waals surface area contributed by atoms with Crippen molar-refractivity contribution in [3.05, 3.63) is 36.0 Å². The Morgan fingerprint density at radius 2 is 2.06 bits per heavy atom. The number of rotatable bonds is 3. The summed E-state index contributed by atoms with van der Waals surface area (Å²) >= 11 is 0. The van der Waals surface area contributed by atoms with Crippen LogP contribution in [0.2, 0.25) is 0 Å². The van der Waals surface area contributed by atoms with E-state index in [9.17, 15) is 9.59 Å².